The van der Waals surface area contributed by atoms with Crippen molar-refractivity contribution in [2.75, 3.05) is 14.2 Å². The van der Waals surface area contributed by atoms with E-state index in [1.807, 2.05) is 0 Å². The lowest BCUT2D eigenvalue weighted by atomic mass is 10.1. The van der Waals surface area contributed by atoms with Crippen molar-refractivity contribution >= 4 is 17.5 Å². The zero-order chi connectivity index (χ0) is 17.5. The Bertz CT molecular complexity index is 771. The Hall–Kier alpha value is -2.71. The van der Waals surface area contributed by atoms with Gasteiger partial charge < -0.3 is 14.8 Å². The molecule has 0 unspecified atom stereocenters. The molecule has 124 valence electrons. The first-order valence-electron chi connectivity index (χ1n) is 7.23. The molecule has 2 aromatic carbocycles. The zero-order valence-electron chi connectivity index (χ0n) is 13.4. The van der Waals surface area contributed by atoms with Gasteiger partial charge in [0.15, 0.2) is 11.5 Å². The van der Waals surface area contributed by atoms with Gasteiger partial charge in [-0.1, -0.05) is 35.9 Å². The number of hydrogen-bond acceptors (Lipinski definition) is 4. The number of para-hydroxylation sites is 1. The molecule has 1 amide bonds. The summed E-state index contributed by atoms with van der Waals surface area (Å²) < 4.78 is 10.5. The number of benzene rings is 2. The summed E-state index contributed by atoms with van der Waals surface area (Å²) in [6.45, 7) is 0. The maximum Gasteiger partial charge on any atom is 0.225 e. The maximum atomic E-state index is 12.2. The second kappa shape index (κ2) is 8.23. The van der Waals surface area contributed by atoms with Crippen LogP contribution in [0.3, 0.4) is 0 Å². The predicted octanol–water partition coefficient (Wildman–Crippen LogP) is 3.28. The molecule has 0 radical (unpaired) electrons. The van der Waals surface area contributed by atoms with Crippen LogP contribution in [0.2, 0.25) is 5.02 Å². The second-order valence-electron chi connectivity index (χ2n) is 5.02. The molecule has 2 aromatic rings. The lowest BCUT2D eigenvalue weighted by molar-refractivity contribution is -0.120. The number of nitriles is 1. The number of rotatable bonds is 6. The number of carbonyl (C=O) groups is 1. The summed E-state index contributed by atoms with van der Waals surface area (Å²) in [6, 6.07) is 13.5. The maximum absolute atomic E-state index is 12.2. The first-order chi connectivity index (χ1) is 11.6. The molecule has 6 heteroatoms. The Kier molecular flexibility index (Phi) is 6.05. The van der Waals surface area contributed by atoms with Crippen LogP contribution in [-0.2, 0) is 11.2 Å². The second-order valence-corrected chi connectivity index (χ2v) is 5.46. The molecule has 0 aliphatic carbocycles. The molecule has 0 saturated heterocycles. The molecule has 2 rings (SSSR count). The highest BCUT2D eigenvalue weighted by atomic mass is 35.5. The van der Waals surface area contributed by atoms with E-state index in [1.165, 1.54) is 14.2 Å². The van der Waals surface area contributed by atoms with E-state index in [9.17, 15) is 10.1 Å². The van der Waals surface area contributed by atoms with E-state index in [1.54, 1.807) is 42.5 Å². The minimum Gasteiger partial charge on any atom is -0.493 e. The number of nitrogens with one attached hydrogen (secondary N) is 1. The van der Waals surface area contributed by atoms with Gasteiger partial charge in [0.2, 0.25) is 5.91 Å². The van der Waals surface area contributed by atoms with Crippen molar-refractivity contribution in [3.8, 4) is 17.6 Å². The monoisotopic (exact) mass is 344 g/mol. The summed E-state index contributed by atoms with van der Waals surface area (Å²) >= 11 is 5.92. The molecule has 1 N–H and O–H groups in total. The van der Waals surface area contributed by atoms with Crippen LogP contribution in [0.25, 0.3) is 0 Å². The van der Waals surface area contributed by atoms with Crippen LogP contribution < -0.4 is 14.8 Å². The fourth-order valence-electron chi connectivity index (χ4n) is 2.36. The molecular formula is C18H17ClN2O3. The van der Waals surface area contributed by atoms with Crippen molar-refractivity contribution in [1.82, 2.24) is 5.32 Å². The molecule has 0 aliphatic heterocycles. The van der Waals surface area contributed by atoms with Gasteiger partial charge in [-0.15, -0.1) is 0 Å². The molecule has 0 fully saturated rings. The Morgan fingerprint density at radius 2 is 2.00 bits per heavy atom. The van der Waals surface area contributed by atoms with E-state index >= 15 is 0 Å². The SMILES string of the molecule is COc1cccc([C@@H](C#N)NC(=O)Cc2cccc(Cl)c2)c1OC. The molecule has 0 aliphatic rings. The minimum atomic E-state index is -0.846. The molecule has 0 bridgehead atoms. The topological polar surface area (TPSA) is 71.3 Å². The van der Waals surface area contributed by atoms with Crippen molar-refractivity contribution in [3.05, 3.63) is 58.6 Å². The average molecular weight is 345 g/mol. The van der Waals surface area contributed by atoms with E-state index in [4.69, 9.17) is 21.1 Å². The van der Waals surface area contributed by atoms with Gasteiger partial charge in [0.25, 0.3) is 0 Å². The third-order valence-electron chi connectivity index (χ3n) is 3.43. The normalized spacial score (nSPS) is 11.2. The Balaban J connectivity index is 2.18. The van der Waals surface area contributed by atoms with Gasteiger partial charge in [-0.25, -0.2) is 0 Å². The molecule has 0 saturated carbocycles. The van der Waals surface area contributed by atoms with Crippen LogP contribution in [0.5, 0.6) is 11.5 Å². The van der Waals surface area contributed by atoms with E-state index in [-0.39, 0.29) is 12.3 Å². The fraction of sp³-hybridized carbons (Fsp3) is 0.222. The Morgan fingerprint density at radius 1 is 1.25 bits per heavy atom. The van der Waals surface area contributed by atoms with Gasteiger partial charge in [-0.2, -0.15) is 5.26 Å². The van der Waals surface area contributed by atoms with Crippen LogP contribution in [0.4, 0.5) is 0 Å². The van der Waals surface area contributed by atoms with E-state index in [2.05, 4.69) is 11.4 Å². The largest absolute Gasteiger partial charge is 0.493 e. The van der Waals surface area contributed by atoms with Gasteiger partial charge in [-0.05, 0) is 23.8 Å². The number of halogens is 1. The quantitative estimate of drug-likeness (QED) is 0.873. The number of amides is 1. The molecule has 24 heavy (non-hydrogen) atoms. The third-order valence-corrected chi connectivity index (χ3v) is 3.67. The number of hydrogen-bond donors (Lipinski definition) is 1. The van der Waals surface area contributed by atoms with Crippen molar-refractivity contribution in [2.24, 2.45) is 0 Å². The van der Waals surface area contributed by atoms with E-state index in [0.717, 1.165) is 5.56 Å². The van der Waals surface area contributed by atoms with Gasteiger partial charge in [0, 0.05) is 10.6 Å². The summed E-state index contributed by atoms with van der Waals surface area (Å²) in [6.07, 6.45) is 0.130. The summed E-state index contributed by atoms with van der Waals surface area (Å²) in [4.78, 5) is 12.2. The number of nitrogens with zero attached hydrogens (tertiary/aromatic N) is 1. The lowest BCUT2D eigenvalue weighted by Gasteiger charge is -2.17. The third kappa shape index (κ3) is 4.18. The summed E-state index contributed by atoms with van der Waals surface area (Å²) in [5.74, 6) is 0.641. The highest BCUT2D eigenvalue weighted by Gasteiger charge is 2.20. The predicted molar refractivity (Wildman–Crippen MR) is 91.2 cm³/mol. The molecule has 1 atom stereocenters. The first kappa shape index (κ1) is 17.6. The summed E-state index contributed by atoms with van der Waals surface area (Å²) in [5, 5.41) is 12.7. The van der Waals surface area contributed by atoms with Crippen molar-refractivity contribution in [2.45, 2.75) is 12.5 Å². The Labute approximate surface area is 145 Å². The van der Waals surface area contributed by atoms with Crippen LogP contribution >= 0.6 is 11.6 Å². The summed E-state index contributed by atoms with van der Waals surface area (Å²) in [7, 11) is 3.00. The van der Waals surface area contributed by atoms with Crippen LogP contribution in [0.1, 0.15) is 17.2 Å². The molecular weight excluding hydrogens is 328 g/mol. The highest BCUT2D eigenvalue weighted by Crippen LogP contribution is 2.34. The smallest absolute Gasteiger partial charge is 0.225 e. The highest BCUT2D eigenvalue weighted by molar-refractivity contribution is 6.30. The van der Waals surface area contributed by atoms with Crippen LogP contribution in [0, 0.1) is 11.3 Å². The lowest BCUT2D eigenvalue weighted by Crippen LogP contribution is -2.29. The van der Waals surface area contributed by atoms with Gasteiger partial charge in [0.1, 0.15) is 6.04 Å². The number of ether oxygens (including phenoxy) is 2. The molecule has 0 heterocycles. The summed E-state index contributed by atoms with van der Waals surface area (Å²) in [5.41, 5.74) is 1.31. The molecule has 0 spiro atoms. The van der Waals surface area contributed by atoms with Gasteiger partial charge in [0.05, 0.1) is 26.7 Å². The standard InChI is InChI=1S/C18H17ClN2O3/c1-23-16-8-4-7-14(18(16)24-2)15(11-20)21-17(22)10-12-5-3-6-13(19)9-12/h3-9,15H,10H2,1-2H3,(H,21,22)/t15-/m1/s1. The minimum absolute atomic E-state index is 0.130. The average Bonchev–Trinajstić information content (AvgIpc) is 2.58. The van der Waals surface area contributed by atoms with Crippen molar-refractivity contribution in [3.63, 3.8) is 0 Å². The number of methoxy groups -OCH3 is 2. The fourth-order valence-corrected chi connectivity index (χ4v) is 2.58. The molecule has 0 aromatic heterocycles. The van der Waals surface area contributed by atoms with Gasteiger partial charge >= 0.3 is 0 Å². The first-order valence-corrected chi connectivity index (χ1v) is 7.61. The van der Waals surface area contributed by atoms with Crippen molar-refractivity contribution in [1.29, 1.82) is 5.26 Å². The molecule has 5 nitrogen and oxygen atoms in total. The zero-order valence-corrected chi connectivity index (χ0v) is 14.1. The van der Waals surface area contributed by atoms with E-state index in [0.29, 0.717) is 22.1 Å². The number of carbonyl (C=O) groups excluding carboxylic acids is 1. The van der Waals surface area contributed by atoms with E-state index < -0.39 is 6.04 Å². The van der Waals surface area contributed by atoms with Crippen molar-refractivity contribution < 1.29 is 14.3 Å². The Morgan fingerprint density at radius 3 is 2.62 bits per heavy atom. The van der Waals surface area contributed by atoms with Gasteiger partial charge in [-0.3, -0.25) is 4.79 Å². The van der Waals surface area contributed by atoms with Crippen LogP contribution in [0.15, 0.2) is 42.5 Å². The van der Waals surface area contributed by atoms with Crippen LogP contribution in [-0.4, -0.2) is 20.1 Å².